The van der Waals surface area contributed by atoms with Crippen molar-refractivity contribution < 1.29 is 14.3 Å². The minimum Gasteiger partial charge on any atom is -0.497 e. The van der Waals surface area contributed by atoms with E-state index in [-0.39, 0.29) is 17.5 Å². The van der Waals surface area contributed by atoms with Gasteiger partial charge in [0.1, 0.15) is 23.1 Å². The number of methoxy groups -OCH3 is 2. The first-order chi connectivity index (χ1) is 11.2. The first-order valence-corrected chi connectivity index (χ1v) is 7.82. The van der Waals surface area contributed by atoms with Gasteiger partial charge in [0, 0.05) is 17.7 Å². The van der Waals surface area contributed by atoms with Gasteiger partial charge in [-0.25, -0.2) is 0 Å². The van der Waals surface area contributed by atoms with E-state index in [1.165, 1.54) is 6.42 Å². The van der Waals surface area contributed by atoms with Crippen LogP contribution in [0.4, 0.5) is 0 Å². The Kier molecular flexibility index (Phi) is 6.04. The fourth-order valence-corrected chi connectivity index (χ4v) is 2.75. The summed E-state index contributed by atoms with van der Waals surface area (Å²) < 4.78 is 10.4. The number of amides is 1. The van der Waals surface area contributed by atoms with Crippen molar-refractivity contribution in [2.45, 2.75) is 38.1 Å². The largest absolute Gasteiger partial charge is 0.497 e. The minimum atomic E-state index is -0.322. The molecule has 0 aliphatic heterocycles. The van der Waals surface area contributed by atoms with Crippen molar-refractivity contribution in [1.82, 2.24) is 5.32 Å². The number of hydrogen-bond donors (Lipinski definition) is 1. The summed E-state index contributed by atoms with van der Waals surface area (Å²) in [7, 11) is 3.11. The molecule has 0 bridgehead atoms. The Morgan fingerprint density at radius 1 is 1.26 bits per heavy atom. The zero-order chi connectivity index (χ0) is 16.7. The maximum Gasteiger partial charge on any atom is 0.262 e. The predicted molar refractivity (Wildman–Crippen MR) is 88.2 cm³/mol. The quantitative estimate of drug-likeness (QED) is 0.670. The molecule has 0 unspecified atom stereocenters. The van der Waals surface area contributed by atoms with Gasteiger partial charge in [0.05, 0.1) is 14.2 Å². The molecule has 1 amide bonds. The van der Waals surface area contributed by atoms with E-state index >= 15 is 0 Å². The smallest absolute Gasteiger partial charge is 0.262 e. The topological polar surface area (TPSA) is 71.3 Å². The fourth-order valence-electron chi connectivity index (χ4n) is 2.75. The van der Waals surface area contributed by atoms with E-state index in [9.17, 15) is 10.1 Å². The van der Waals surface area contributed by atoms with Gasteiger partial charge in [-0.2, -0.15) is 5.26 Å². The summed E-state index contributed by atoms with van der Waals surface area (Å²) in [5.74, 6) is 0.893. The van der Waals surface area contributed by atoms with E-state index in [4.69, 9.17) is 9.47 Å². The number of nitrogens with one attached hydrogen (secondary N) is 1. The first-order valence-electron chi connectivity index (χ1n) is 7.82. The number of nitrogens with zero attached hydrogens (tertiary/aromatic N) is 1. The average Bonchev–Trinajstić information content (AvgIpc) is 2.60. The van der Waals surface area contributed by atoms with Crippen LogP contribution in [0, 0.1) is 11.3 Å². The van der Waals surface area contributed by atoms with Crippen LogP contribution < -0.4 is 14.8 Å². The van der Waals surface area contributed by atoms with Crippen LogP contribution >= 0.6 is 0 Å². The number of nitriles is 1. The molecule has 1 aliphatic carbocycles. The molecule has 1 aromatic carbocycles. The van der Waals surface area contributed by atoms with Crippen molar-refractivity contribution in [1.29, 1.82) is 5.26 Å². The molecule has 0 spiro atoms. The number of ether oxygens (including phenoxy) is 2. The molecule has 0 radical (unpaired) electrons. The Balaban J connectivity index is 2.17. The summed E-state index contributed by atoms with van der Waals surface area (Å²) in [6.07, 6.45) is 6.99. The van der Waals surface area contributed by atoms with Crippen molar-refractivity contribution in [2.24, 2.45) is 0 Å². The van der Waals surface area contributed by atoms with E-state index in [0.29, 0.717) is 17.1 Å². The Morgan fingerprint density at radius 2 is 2.00 bits per heavy atom. The van der Waals surface area contributed by atoms with Gasteiger partial charge in [-0.05, 0) is 31.1 Å². The number of rotatable bonds is 5. The lowest BCUT2D eigenvalue weighted by Crippen LogP contribution is -2.36. The summed E-state index contributed by atoms with van der Waals surface area (Å²) in [6.45, 7) is 0. The third kappa shape index (κ3) is 4.49. The molecule has 1 aromatic rings. The van der Waals surface area contributed by atoms with Crippen molar-refractivity contribution >= 4 is 12.0 Å². The molecule has 0 saturated heterocycles. The third-order valence-corrected chi connectivity index (χ3v) is 4.05. The number of carbonyl (C=O) groups excluding carboxylic acids is 1. The molecule has 5 nitrogen and oxygen atoms in total. The van der Waals surface area contributed by atoms with Crippen LogP contribution in [0.2, 0.25) is 0 Å². The first kappa shape index (κ1) is 16.9. The van der Waals surface area contributed by atoms with Gasteiger partial charge in [0.15, 0.2) is 0 Å². The second-order valence-corrected chi connectivity index (χ2v) is 5.59. The fraction of sp³-hybridized carbons (Fsp3) is 0.444. The highest BCUT2D eigenvalue weighted by Crippen LogP contribution is 2.26. The molecular formula is C18H22N2O3. The van der Waals surface area contributed by atoms with E-state index in [1.807, 2.05) is 6.07 Å². The monoisotopic (exact) mass is 314 g/mol. The van der Waals surface area contributed by atoms with Crippen molar-refractivity contribution in [2.75, 3.05) is 14.2 Å². The number of carbonyl (C=O) groups is 1. The molecule has 1 saturated carbocycles. The normalized spacial score (nSPS) is 15.6. The van der Waals surface area contributed by atoms with E-state index in [1.54, 1.807) is 38.5 Å². The maximum atomic E-state index is 12.3. The zero-order valence-corrected chi connectivity index (χ0v) is 13.6. The molecule has 0 aromatic heterocycles. The van der Waals surface area contributed by atoms with Crippen LogP contribution in [-0.2, 0) is 4.79 Å². The predicted octanol–water partition coefficient (Wildman–Crippen LogP) is 3.06. The Bertz CT molecular complexity index is 626. The highest BCUT2D eigenvalue weighted by Gasteiger charge is 2.18. The highest BCUT2D eigenvalue weighted by molar-refractivity contribution is 6.02. The van der Waals surface area contributed by atoms with Crippen LogP contribution in [0.25, 0.3) is 6.08 Å². The summed E-state index contributed by atoms with van der Waals surface area (Å²) in [5, 5.41) is 12.3. The lowest BCUT2D eigenvalue weighted by molar-refractivity contribution is -0.117. The Morgan fingerprint density at radius 3 is 2.61 bits per heavy atom. The molecule has 1 N–H and O–H groups in total. The van der Waals surface area contributed by atoms with E-state index in [2.05, 4.69) is 5.32 Å². The second kappa shape index (κ2) is 8.23. The van der Waals surface area contributed by atoms with E-state index in [0.717, 1.165) is 25.7 Å². The summed E-state index contributed by atoms with van der Waals surface area (Å²) in [4.78, 5) is 12.3. The van der Waals surface area contributed by atoms with Crippen molar-refractivity contribution in [3.63, 3.8) is 0 Å². The zero-order valence-electron chi connectivity index (χ0n) is 13.6. The van der Waals surface area contributed by atoms with Gasteiger partial charge in [0.2, 0.25) is 0 Å². The van der Waals surface area contributed by atoms with Crippen LogP contribution in [0.3, 0.4) is 0 Å². The SMILES string of the molecule is COc1ccc(C=C(C#N)C(=O)NC2CCCCC2)c(OC)c1. The summed E-state index contributed by atoms with van der Waals surface area (Å²) in [6, 6.07) is 7.41. The standard InChI is InChI=1S/C18H22N2O3/c1-22-16-9-8-13(17(11-16)23-2)10-14(12-19)18(21)20-15-6-4-3-5-7-15/h8-11,15H,3-7H2,1-2H3,(H,20,21). The van der Waals surface area contributed by atoms with Crippen molar-refractivity contribution in [3.8, 4) is 17.6 Å². The van der Waals surface area contributed by atoms with Gasteiger partial charge < -0.3 is 14.8 Å². The molecule has 1 fully saturated rings. The van der Waals surface area contributed by atoms with E-state index < -0.39 is 0 Å². The highest BCUT2D eigenvalue weighted by atomic mass is 16.5. The molecule has 23 heavy (non-hydrogen) atoms. The third-order valence-electron chi connectivity index (χ3n) is 4.05. The second-order valence-electron chi connectivity index (χ2n) is 5.59. The van der Waals surface area contributed by atoms with Gasteiger partial charge >= 0.3 is 0 Å². The molecular weight excluding hydrogens is 292 g/mol. The molecule has 2 rings (SSSR count). The Labute approximate surface area is 136 Å². The van der Waals surface area contributed by atoms with Gasteiger partial charge in [-0.3, -0.25) is 4.79 Å². The molecule has 1 aliphatic rings. The van der Waals surface area contributed by atoms with Crippen molar-refractivity contribution in [3.05, 3.63) is 29.3 Å². The number of benzene rings is 1. The average molecular weight is 314 g/mol. The van der Waals surface area contributed by atoms with Crippen LogP contribution in [0.1, 0.15) is 37.7 Å². The van der Waals surface area contributed by atoms with Crippen LogP contribution in [0.15, 0.2) is 23.8 Å². The summed E-state index contributed by atoms with van der Waals surface area (Å²) >= 11 is 0. The number of hydrogen-bond acceptors (Lipinski definition) is 4. The lowest BCUT2D eigenvalue weighted by Gasteiger charge is -2.22. The van der Waals surface area contributed by atoms with Crippen LogP contribution in [-0.4, -0.2) is 26.2 Å². The molecule has 122 valence electrons. The van der Waals surface area contributed by atoms with Gasteiger partial charge in [0.25, 0.3) is 5.91 Å². The molecule has 0 heterocycles. The summed E-state index contributed by atoms with van der Waals surface area (Å²) in [5.41, 5.74) is 0.752. The maximum absolute atomic E-state index is 12.3. The van der Waals surface area contributed by atoms with Gasteiger partial charge in [-0.1, -0.05) is 19.3 Å². The Hall–Kier alpha value is -2.48. The van der Waals surface area contributed by atoms with Crippen LogP contribution in [0.5, 0.6) is 11.5 Å². The molecule has 5 heteroatoms. The lowest BCUT2D eigenvalue weighted by atomic mass is 9.95. The minimum absolute atomic E-state index is 0.0824. The molecule has 0 atom stereocenters. The van der Waals surface area contributed by atoms with Gasteiger partial charge in [-0.15, -0.1) is 0 Å².